The fraction of sp³-hybridized carbons (Fsp3) is 0.408. The zero-order chi connectivity index (χ0) is 97.8. The molecule has 1 unspecified atom stereocenters. The summed E-state index contributed by atoms with van der Waals surface area (Å²) in [6.07, 6.45) is 1.50. The van der Waals surface area contributed by atoms with Gasteiger partial charge in [0, 0.05) is 51.7 Å². The number of rotatable bonds is 34. The number of hydrogen-bond donors (Lipinski definition) is 10. The molecule has 0 aliphatic carbocycles. The summed E-state index contributed by atoms with van der Waals surface area (Å²) in [5, 5.41) is 62.2. The molecule has 0 bridgehead atoms. The number of nitrogens with zero attached hydrogens (tertiary/aromatic N) is 9. The predicted molar refractivity (Wildman–Crippen MR) is 509 cm³/mol. The number of halogens is 2. The molecule has 6 saturated heterocycles. The van der Waals surface area contributed by atoms with Crippen LogP contribution >= 0.6 is 23.2 Å². The van der Waals surface area contributed by atoms with E-state index in [1.807, 2.05) is 91.0 Å². The van der Waals surface area contributed by atoms with Crippen molar-refractivity contribution in [3.63, 3.8) is 0 Å². The summed E-state index contributed by atoms with van der Waals surface area (Å²) in [6.45, 7) is 0.565. The number of hydrogen-bond acceptors (Lipinski definition) is 27. The van der Waals surface area contributed by atoms with Gasteiger partial charge in [-0.15, -0.1) is 0 Å². The third-order valence-electron chi connectivity index (χ3n) is 23.7. The number of aromatic nitrogens is 3. The highest BCUT2D eigenvalue weighted by Crippen LogP contribution is 2.37. The van der Waals surface area contributed by atoms with Gasteiger partial charge in [0.1, 0.15) is 65.8 Å². The third-order valence-corrected chi connectivity index (χ3v) is 24.3. The lowest BCUT2D eigenvalue weighted by molar-refractivity contribution is -0.176. The van der Waals surface area contributed by atoms with Crippen LogP contribution in [0.3, 0.4) is 0 Å². The van der Waals surface area contributed by atoms with E-state index in [0.717, 1.165) is 31.7 Å². The largest absolute Gasteiger partial charge is 0.494 e. The van der Waals surface area contributed by atoms with E-state index in [1.54, 1.807) is 54.6 Å². The lowest BCUT2D eigenvalue weighted by Crippen LogP contribution is -2.64. The molecule has 6 aliphatic heterocycles. The first-order chi connectivity index (χ1) is 65.8. The van der Waals surface area contributed by atoms with Crippen LogP contribution in [0.15, 0.2) is 165 Å². The number of amides is 11. The first-order valence-corrected chi connectivity index (χ1v) is 45.1. The quantitative estimate of drug-likeness (QED) is 0.0133. The third kappa shape index (κ3) is 27.2. The number of nitrogens with one attached hydrogen (secondary N) is 6. The molecule has 15 rings (SSSR count). The molecule has 0 radical (unpaired) electrons. The number of carboxylic acids is 3. The Balaban J connectivity index is 0.000000233. The van der Waals surface area contributed by atoms with Crippen LogP contribution in [0.1, 0.15) is 194 Å². The van der Waals surface area contributed by atoms with Gasteiger partial charge in [-0.05, 0) is 137 Å². The van der Waals surface area contributed by atoms with E-state index in [-0.39, 0.29) is 182 Å². The number of aliphatic hydroxyl groups is 1. The second-order valence-corrected chi connectivity index (χ2v) is 33.8. The molecule has 6 aromatic carbocycles. The van der Waals surface area contributed by atoms with Crippen LogP contribution < -0.4 is 41.4 Å². The van der Waals surface area contributed by atoms with Gasteiger partial charge in [0.05, 0.1) is 61.3 Å². The highest BCUT2D eigenvalue weighted by molar-refractivity contribution is 6.39. The Bertz CT molecular complexity index is 6020. The van der Waals surface area contributed by atoms with E-state index in [4.69, 9.17) is 45.9 Å². The number of aliphatic hydroxyl groups excluding tert-OH is 1. The fourth-order valence-corrected chi connectivity index (χ4v) is 17.4. The Morgan fingerprint density at radius 1 is 0.447 bits per heavy atom. The number of carbonyl (C=O) groups excluding carboxylic acids is 14. The van der Waals surface area contributed by atoms with Crippen molar-refractivity contribution < 1.29 is 125 Å². The number of ether oxygens (including phenoxy) is 2. The normalized spacial score (nSPS) is 18.6. The van der Waals surface area contributed by atoms with Gasteiger partial charge in [0.2, 0.25) is 64.6 Å². The number of aliphatic carboxylic acids is 3. The molecule has 6 fully saturated rings. The lowest BCUT2D eigenvalue weighted by Gasteiger charge is -2.43. The molecule has 0 spiro atoms. The molecular weight excluding hydrogens is 1870 g/mol. The van der Waals surface area contributed by atoms with Gasteiger partial charge < -0.3 is 69.7 Å². The number of aryl methyl sites for hydroxylation is 3. The maximum Gasteiger partial charge on any atom is 0.305 e. The van der Waals surface area contributed by atoms with E-state index in [1.165, 1.54) is 35.4 Å². The zero-order valence-electron chi connectivity index (χ0n) is 74.2. The number of benzene rings is 6. The van der Waals surface area contributed by atoms with Crippen LogP contribution in [0.5, 0.6) is 11.5 Å². The molecule has 9 aromatic rings. The Morgan fingerprint density at radius 3 is 1.26 bits per heavy atom. The summed E-state index contributed by atoms with van der Waals surface area (Å²) in [5.41, 5.74) is 4.16. The number of fused-ring (bicyclic) bond motifs is 5. The number of hydrazine groups is 3. The number of carboxylic acid groups (broad SMARTS) is 3. The van der Waals surface area contributed by atoms with E-state index in [2.05, 4.69) is 46.9 Å². The van der Waals surface area contributed by atoms with Crippen LogP contribution in [0.25, 0.3) is 33.5 Å². The molecule has 6 aliphatic rings. The average molecular weight is 1990 g/mol. The predicted octanol–water partition coefficient (Wildman–Crippen LogP) is 9.02. The molecule has 0 saturated carbocycles. The van der Waals surface area contributed by atoms with Crippen molar-refractivity contribution in [2.75, 3.05) is 33.9 Å². The minimum Gasteiger partial charge on any atom is -0.494 e. The number of Topliss-reactive ketones (excluding diaryl/α,β-unsaturated/α-hetero) is 3. The first kappa shape index (κ1) is 110. The molecule has 10 atom stereocenters. The summed E-state index contributed by atoms with van der Waals surface area (Å²) in [5.74, 6) is -13.7. The highest BCUT2D eigenvalue weighted by Gasteiger charge is 2.50. The minimum absolute atomic E-state index is 0. The summed E-state index contributed by atoms with van der Waals surface area (Å²) in [6, 6.07) is 31.1. The molecule has 752 valence electrons. The minimum atomic E-state index is -1.63. The van der Waals surface area contributed by atoms with Gasteiger partial charge in [0.15, 0.2) is 28.2 Å². The molecule has 41 nitrogen and oxygen atoms in total. The first-order valence-electron chi connectivity index (χ1n) is 44.4. The molecule has 43 heteroatoms. The van der Waals surface area contributed by atoms with Gasteiger partial charge in [-0.3, -0.25) is 102 Å². The SMILES string of the molecule is C.C.C.C.COc1cccc2nc(C(=O)[C@H](CC(=O)O)NC(=O)[C@@H]3CCCN4C(=O)CC[C@H](NC(=O)CCc5ccccc5)C(=O)N34)oc12.COc1cccc2oc(C(=O)[C@H](CC(=O)O)NC(=O)[C@@H]3CCCN4C(=O)CC[C@H](NC(O)CCc5ccccc5)C(=O)N34)nc12.O=C(O)C[C@H](NC(=O)[C@@H]1CCCN2C(=O)CC[C@H](NC(=O)CCc3ccccc3)C(=O)N12)C(=O)c1ncc(-c2c(Cl)cccc2Cl)o1. The highest BCUT2D eigenvalue weighted by atomic mass is 35.5. The Labute approximate surface area is 821 Å². The van der Waals surface area contributed by atoms with Crippen LogP contribution in [0, 0.1) is 0 Å². The van der Waals surface area contributed by atoms with Crippen LogP contribution in [0.2, 0.25) is 10.0 Å². The molecule has 10 N–H and O–H groups in total. The second kappa shape index (κ2) is 50.7. The topological polar surface area (TPSA) is 559 Å². The standard InChI is InChI=1S/C32H31Cl2N5O8.C31H35N5O9.C31H33N5O9.4CH4/c33-19-8-4-9-20(34)28(19)24-17-35-31(47-24)29(44)22(16-27(42)43)37-30(45)23-10-5-15-38-26(41)14-12-21(32(46)39(23)38)36-25(40)13-11-18-6-2-1-3-7-18;1-44-22-10-5-11-23-27(22)34-30(45-23)28(41)20(17-26(39)40)33-29(42)21-9-6-16-35-25(38)15-13-19(31(43)36(21)35)32-24(37)14-12-18-7-3-2-4-8-18;1-44-23-11-5-9-19-28(23)45-30(34-19)27(41)21(17-26(39)40)33-29(42)22-10-6-16-35-25(38)15-13-20(31(43)36(22)35)32-24(37)14-12-18-7-3-2-4-8-18;;;;/h1-4,6-9,17,21-23H,5,10-16H2,(H,36,40)(H,37,45)(H,42,43);2-5,7-8,10-11,19-21,24,32,37H,6,9,12-17H2,1H3,(H,33,42)(H,39,40);2-5,7-9,11,20-22H,6,10,12-17H2,1H3,(H,32,37)(H,33,42)(H,39,40);4*1H4/t21-,22-,23-;19-,20-,21-,24?;20-,21-,22-;;;;/m000..../s1. The van der Waals surface area contributed by atoms with Crippen molar-refractivity contribution in [2.45, 2.75) is 225 Å². The van der Waals surface area contributed by atoms with E-state index < -0.39 is 174 Å². The maximum absolute atomic E-state index is 13.8. The van der Waals surface area contributed by atoms with Crippen molar-refractivity contribution >= 4 is 146 Å². The van der Waals surface area contributed by atoms with Crippen LogP contribution in [0.4, 0.5) is 0 Å². The number of ketones is 3. The molecule has 11 amide bonds. The molecule has 141 heavy (non-hydrogen) atoms. The maximum atomic E-state index is 13.8. The summed E-state index contributed by atoms with van der Waals surface area (Å²) in [4.78, 5) is 235. The lowest BCUT2D eigenvalue weighted by atomic mass is 10.0. The number of carbonyl (C=O) groups is 17. The van der Waals surface area contributed by atoms with Crippen LogP contribution in [-0.4, -0.2) is 260 Å². The molecule has 9 heterocycles. The van der Waals surface area contributed by atoms with Gasteiger partial charge in [-0.25, -0.2) is 30.0 Å². The Kier molecular flexibility index (Phi) is 39.4. The Hall–Kier alpha value is -14.8. The molecule has 3 aromatic heterocycles. The summed E-state index contributed by atoms with van der Waals surface area (Å²) in [7, 11) is 2.83. The summed E-state index contributed by atoms with van der Waals surface area (Å²) >= 11 is 12.5. The second-order valence-electron chi connectivity index (χ2n) is 33.0. The van der Waals surface area contributed by atoms with E-state index in [0.29, 0.717) is 62.0 Å². The van der Waals surface area contributed by atoms with Crippen molar-refractivity contribution in [2.24, 2.45) is 0 Å². The summed E-state index contributed by atoms with van der Waals surface area (Å²) < 4.78 is 27.2. The fourth-order valence-electron chi connectivity index (χ4n) is 16.9. The van der Waals surface area contributed by atoms with Crippen molar-refractivity contribution in [1.82, 2.24) is 76.9 Å². The molecular formula is C98H115Cl2N15O26. The van der Waals surface area contributed by atoms with Crippen LogP contribution in [-0.2, 0) is 86.4 Å². The van der Waals surface area contributed by atoms with E-state index in [9.17, 15) is 102 Å². The van der Waals surface area contributed by atoms with Gasteiger partial charge in [-0.2, -0.15) is 0 Å². The Morgan fingerprint density at radius 2 is 0.830 bits per heavy atom. The number of methoxy groups -OCH3 is 2. The smallest absolute Gasteiger partial charge is 0.305 e. The van der Waals surface area contributed by atoms with E-state index >= 15 is 0 Å². The average Bonchev–Trinajstić information content (AvgIpc) is 1.75. The van der Waals surface area contributed by atoms with Crippen molar-refractivity contribution in [3.8, 4) is 22.8 Å². The number of para-hydroxylation sites is 2. The van der Waals surface area contributed by atoms with Crippen molar-refractivity contribution in [3.05, 3.63) is 196 Å². The number of oxazole rings is 3. The van der Waals surface area contributed by atoms with Gasteiger partial charge in [-0.1, -0.05) is 162 Å². The monoisotopic (exact) mass is 1990 g/mol. The van der Waals surface area contributed by atoms with Crippen molar-refractivity contribution in [1.29, 1.82) is 0 Å². The van der Waals surface area contributed by atoms with Gasteiger partial charge >= 0.3 is 17.9 Å². The zero-order valence-corrected chi connectivity index (χ0v) is 75.7. The van der Waals surface area contributed by atoms with Gasteiger partial charge in [0.25, 0.3) is 35.4 Å².